The zero-order chi connectivity index (χ0) is 12.8. The molecule has 1 saturated carbocycles. The predicted molar refractivity (Wildman–Crippen MR) is 81.8 cm³/mol. The summed E-state index contributed by atoms with van der Waals surface area (Å²) in [6, 6.07) is 8.79. The smallest absolute Gasteiger partial charge is 0.0411 e. The van der Waals surface area contributed by atoms with Gasteiger partial charge in [-0.2, -0.15) is 0 Å². The highest BCUT2D eigenvalue weighted by molar-refractivity contribution is 9.10. The molecule has 0 spiro atoms. The van der Waals surface area contributed by atoms with Crippen LogP contribution in [-0.4, -0.2) is 12.6 Å². The van der Waals surface area contributed by atoms with E-state index in [1.807, 2.05) is 0 Å². The van der Waals surface area contributed by atoms with Crippen molar-refractivity contribution in [3.8, 4) is 0 Å². The van der Waals surface area contributed by atoms with E-state index in [1.165, 1.54) is 44.2 Å². The van der Waals surface area contributed by atoms with Gasteiger partial charge in [0.05, 0.1) is 0 Å². The third kappa shape index (κ3) is 3.99. The second-order valence-electron chi connectivity index (χ2n) is 5.25. The van der Waals surface area contributed by atoms with Gasteiger partial charge in [0.15, 0.2) is 0 Å². The van der Waals surface area contributed by atoms with Crippen molar-refractivity contribution in [2.45, 2.75) is 44.6 Å². The molecular formula is C15H23BrN2. The summed E-state index contributed by atoms with van der Waals surface area (Å²) < 4.78 is 1.12. The number of hydrogen-bond donors (Lipinski definition) is 2. The molecular weight excluding hydrogens is 288 g/mol. The number of hydrogen-bond acceptors (Lipinski definition) is 2. The van der Waals surface area contributed by atoms with Crippen LogP contribution in [0.15, 0.2) is 28.7 Å². The van der Waals surface area contributed by atoms with Gasteiger partial charge in [-0.15, -0.1) is 0 Å². The van der Waals surface area contributed by atoms with Crippen LogP contribution in [0.2, 0.25) is 0 Å². The molecule has 1 aromatic carbocycles. The summed E-state index contributed by atoms with van der Waals surface area (Å²) in [5.74, 6) is 0.737. The number of rotatable bonds is 4. The summed E-state index contributed by atoms with van der Waals surface area (Å²) in [5.41, 5.74) is 7.14. The first-order valence-corrected chi connectivity index (χ1v) is 7.81. The van der Waals surface area contributed by atoms with E-state index in [0.717, 1.165) is 16.9 Å². The average molecular weight is 311 g/mol. The van der Waals surface area contributed by atoms with Crippen molar-refractivity contribution < 1.29 is 0 Å². The third-order valence-corrected chi connectivity index (χ3v) is 4.45. The number of nitrogens with one attached hydrogen (secondary N) is 1. The van der Waals surface area contributed by atoms with Crippen LogP contribution in [0.5, 0.6) is 0 Å². The molecule has 1 unspecified atom stereocenters. The Hall–Kier alpha value is -0.540. The van der Waals surface area contributed by atoms with Crippen molar-refractivity contribution in [3.63, 3.8) is 0 Å². The lowest BCUT2D eigenvalue weighted by Crippen LogP contribution is -2.36. The second kappa shape index (κ2) is 7.15. The van der Waals surface area contributed by atoms with Crippen molar-refractivity contribution in [1.29, 1.82) is 0 Å². The van der Waals surface area contributed by atoms with Gasteiger partial charge >= 0.3 is 0 Å². The van der Waals surface area contributed by atoms with Crippen LogP contribution in [0.25, 0.3) is 0 Å². The lowest BCUT2D eigenvalue weighted by atomic mass is 9.91. The van der Waals surface area contributed by atoms with Crippen molar-refractivity contribution >= 4 is 21.6 Å². The van der Waals surface area contributed by atoms with E-state index in [0.29, 0.717) is 6.04 Å². The lowest BCUT2D eigenvalue weighted by molar-refractivity contribution is 0.398. The second-order valence-corrected chi connectivity index (χ2v) is 6.16. The quantitative estimate of drug-likeness (QED) is 0.820. The van der Waals surface area contributed by atoms with Crippen LogP contribution in [0, 0.1) is 5.92 Å². The number of halogens is 1. The fraction of sp³-hybridized carbons (Fsp3) is 0.600. The molecule has 1 fully saturated rings. The van der Waals surface area contributed by atoms with Crippen molar-refractivity contribution in [1.82, 2.24) is 0 Å². The molecule has 1 aliphatic carbocycles. The maximum atomic E-state index is 5.96. The Morgan fingerprint density at radius 2 is 1.72 bits per heavy atom. The summed E-state index contributed by atoms with van der Waals surface area (Å²) in [6.45, 7) is 0.723. The highest BCUT2D eigenvalue weighted by Gasteiger charge is 2.21. The molecule has 3 N–H and O–H groups in total. The maximum absolute atomic E-state index is 5.96. The van der Waals surface area contributed by atoms with Gasteiger partial charge in [0.1, 0.15) is 0 Å². The van der Waals surface area contributed by atoms with E-state index in [9.17, 15) is 0 Å². The molecule has 2 rings (SSSR count). The van der Waals surface area contributed by atoms with Gasteiger partial charge in [-0.1, -0.05) is 41.6 Å². The van der Waals surface area contributed by atoms with Crippen LogP contribution < -0.4 is 11.1 Å². The molecule has 3 heteroatoms. The van der Waals surface area contributed by atoms with E-state index >= 15 is 0 Å². The van der Waals surface area contributed by atoms with E-state index in [2.05, 4.69) is 45.5 Å². The molecule has 1 atom stereocenters. The van der Waals surface area contributed by atoms with Crippen LogP contribution in [0.1, 0.15) is 38.5 Å². The van der Waals surface area contributed by atoms with Crippen molar-refractivity contribution in [3.05, 3.63) is 28.7 Å². The molecule has 1 aromatic rings. The first-order valence-electron chi connectivity index (χ1n) is 7.02. The van der Waals surface area contributed by atoms with Gasteiger partial charge in [0.25, 0.3) is 0 Å². The molecule has 0 heterocycles. The van der Waals surface area contributed by atoms with E-state index in [-0.39, 0.29) is 0 Å². The summed E-state index contributed by atoms with van der Waals surface area (Å²) in [7, 11) is 0. The molecule has 0 saturated heterocycles. The highest BCUT2D eigenvalue weighted by Crippen LogP contribution is 2.27. The predicted octanol–water partition coefficient (Wildman–Crippen LogP) is 4.16. The number of anilines is 1. The fourth-order valence-corrected chi connectivity index (χ4v) is 3.11. The Bertz CT molecular complexity index is 342. The van der Waals surface area contributed by atoms with Crippen molar-refractivity contribution in [2.75, 3.05) is 11.9 Å². The first-order chi connectivity index (χ1) is 8.79. The fourth-order valence-electron chi connectivity index (χ4n) is 2.84. The Labute approximate surface area is 118 Å². The lowest BCUT2D eigenvalue weighted by Gasteiger charge is -2.27. The minimum Gasteiger partial charge on any atom is -0.381 e. The van der Waals surface area contributed by atoms with Crippen LogP contribution >= 0.6 is 15.9 Å². The molecule has 0 aliphatic heterocycles. The molecule has 0 bridgehead atoms. The van der Waals surface area contributed by atoms with E-state index < -0.39 is 0 Å². The summed E-state index contributed by atoms with van der Waals surface area (Å²) >= 11 is 3.46. The highest BCUT2D eigenvalue weighted by atomic mass is 79.9. The summed E-state index contributed by atoms with van der Waals surface area (Å²) in [5, 5.41) is 3.61. The number of benzene rings is 1. The van der Waals surface area contributed by atoms with Crippen LogP contribution in [0.3, 0.4) is 0 Å². The van der Waals surface area contributed by atoms with Gasteiger partial charge in [0, 0.05) is 22.7 Å². The topological polar surface area (TPSA) is 38.0 Å². The molecule has 18 heavy (non-hydrogen) atoms. The molecule has 0 aromatic heterocycles. The maximum Gasteiger partial charge on any atom is 0.0411 e. The number of nitrogens with two attached hydrogens (primary N) is 1. The minimum atomic E-state index is 0.421. The van der Waals surface area contributed by atoms with Crippen LogP contribution in [0.4, 0.5) is 5.69 Å². The molecule has 1 aliphatic rings. The standard InChI is InChI=1S/C15H23BrN2/c16-13-7-9-14(10-8-13)18-15(11-17)12-5-3-1-2-4-6-12/h7-10,12,15,18H,1-6,11,17H2. The van der Waals surface area contributed by atoms with E-state index in [4.69, 9.17) is 5.73 Å². The normalized spacial score (nSPS) is 19.2. The van der Waals surface area contributed by atoms with Gasteiger partial charge in [0.2, 0.25) is 0 Å². The monoisotopic (exact) mass is 310 g/mol. The van der Waals surface area contributed by atoms with Gasteiger partial charge < -0.3 is 11.1 Å². The minimum absolute atomic E-state index is 0.421. The Kier molecular flexibility index (Phi) is 5.51. The van der Waals surface area contributed by atoms with E-state index in [1.54, 1.807) is 0 Å². The Morgan fingerprint density at radius 1 is 1.11 bits per heavy atom. The molecule has 2 nitrogen and oxygen atoms in total. The summed E-state index contributed by atoms with van der Waals surface area (Å²) in [4.78, 5) is 0. The van der Waals surface area contributed by atoms with Crippen LogP contribution in [-0.2, 0) is 0 Å². The van der Waals surface area contributed by atoms with Gasteiger partial charge in [-0.25, -0.2) is 0 Å². The Morgan fingerprint density at radius 3 is 2.28 bits per heavy atom. The largest absolute Gasteiger partial charge is 0.381 e. The molecule has 0 amide bonds. The van der Waals surface area contributed by atoms with Crippen molar-refractivity contribution in [2.24, 2.45) is 11.7 Å². The SMILES string of the molecule is NCC(Nc1ccc(Br)cc1)C1CCCCCC1. The van der Waals surface area contributed by atoms with Gasteiger partial charge in [-0.05, 0) is 43.0 Å². The summed E-state index contributed by atoms with van der Waals surface area (Å²) in [6.07, 6.45) is 8.17. The Balaban J connectivity index is 1.97. The first kappa shape index (κ1) is 13.9. The molecule has 0 radical (unpaired) electrons. The average Bonchev–Trinajstić information content (AvgIpc) is 2.67. The third-order valence-electron chi connectivity index (χ3n) is 3.92. The van der Waals surface area contributed by atoms with Gasteiger partial charge in [-0.3, -0.25) is 0 Å². The molecule has 100 valence electrons. The zero-order valence-corrected chi connectivity index (χ0v) is 12.5. The zero-order valence-electron chi connectivity index (χ0n) is 10.9.